The summed E-state index contributed by atoms with van der Waals surface area (Å²) >= 11 is 5.86. The minimum absolute atomic E-state index is 0.0628. The van der Waals surface area contributed by atoms with Gasteiger partial charge in [0.25, 0.3) is 5.91 Å². The number of nitrogens with zero attached hydrogens (tertiary/aromatic N) is 2. The zero-order valence-corrected chi connectivity index (χ0v) is 15.4. The molecular weight excluding hydrogens is 334 g/mol. The monoisotopic (exact) mass is 355 g/mol. The van der Waals surface area contributed by atoms with Crippen LogP contribution in [0.2, 0.25) is 5.15 Å². The topological polar surface area (TPSA) is 49.0 Å². The van der Waals surface area contributed by atoms with E-state index in [2.05, 4.69) is 30.7 Å². The summed E-state index contributed by atoms with van der Waals surface area (Å²) in [6.07, 6.45) is 4.35. The fourth-order valence-corrected chi connectivity index (χ4v) is 3.30. The molecule has 2 aromatic heterocycles. The summed E-state index contributed by atoms with van der Waals surface area (Å²) in [5.41, 5.74) is 2.48. The van der Waals surface area contributed by atoms with Gasteiger partial charge in [-0.2, -0.15) is 0 Å². The van der Waals surface area contributed by atoms with Crippen LogP contribution >= 0.6 is 11.6 Å². The van der Waals surface area contributed by atoms with E-state index >= 15 is 0 Å². The van der Waals surface area contributed by atoms with Crippen molar-refractivity contribution in [2.75, 3.05) is 4.90 Å². The number of anilines is 1. The number of aromatic nitrogens is 2. The molecule has 5 heteroatoms. The average Bonchev–Trinajstić information content (AvgIpc) is 3.02. The van der Waals surface area contributed by atoms with Crippen LogP contribution in [-0.4, -0.2) is 21.9 Å². The van der Waals surface area contributed by atoms with Crippen LogP contribution in [0.15, 0.2) is 48.8 Å². The van der Waals surface area contributed by atoms with E-state index < -0.39 is 0 Å². The maximum atomic E-state index is 13.2. The van der Waals surface area contributed by atoms with Gasteiger partial charge in [0.15, 0.2) is 0 Å². The van der Waals surface area contributed by atoms with Crippen molar-refractivity contribution in [2.24, 2.45) is 5.92 Å². The second-order valence-electron chi connectivity index (χ2n) is 6.77. The van der Waals surface area contributed by atoms with Gasteiger partial charge >= 0.3 is 0 Å². The molecule has 0 aliphatic carbocycles. The summed E-state index contributed by atoms with van der Waals surface area (Å²) in [5, 5.41) is 1.47. The Morgan fingerprint density at radius 3 is 2.68 bits per heavy atom. The average molecular weight is 356 g/mol. The van der Waals surface area contributed by atoms with Crippen LogP contribution in [0, 0.1) is 5.92 Å². The number of aromatic amines is 1. The number of nitrogens with one attached hydrogen (secondary N) is 1. The van der Waals surface area contributed by atoms with E-state index in [4.69, 9.17) is 11.6 Å². The highest BCUT2D eigenvalue weighted by molar-refractivity contribution is 6.29. The van der Waals surface area contributed by atoms with Gasteiger partial charge in [-0.15, -0.1) is 0 Å². The lowest BCUT2D eigenvalue weighted by molar-refractivity contribution is 0.0975. The number of carbonyl (C=O) groups excluding carboxylic acids is 1. The Morgan fingerprint density at radius 1 is 1.20 bits per heavy atom. The van der Waals surface area contributed by atoms with Crippen LogP contribution in [0.1, 0.15) is 37.6 Å². The second kappa shape index (κ2) is 7.28. The van der Waals surface area contributed by atoms with Crippen LogP contribution in [0.25, 0.3) is 10.9 Å². The van der Waals surface area contributed by atoms with Crippen LogP contribution in [-0.2, 0) is 0 Å². The molecule has 0 radical (unpaired) electrons. The van der Waals surface area contributed by atoms with Crippen molar-refractivity contribution in [3.8, 4) is 0 Å². The molecule has 1 unspecified atom stereocenters. The molecule has 0 spiro atoms. The number of fused-ring (bicyclic) bond motifs is 1. The maximum Gasteiger partial charge on any atom is 0.260 e. The third-order valence-corrected chi connectivity index (χ3v) is 4.49. The van der Waals surface area contributed by atoms with Crippen LogP contribution in [0.5, 0.6) is 0 Å². The van der Waals surface area contributed by atoms with Crippen molar-refractivity contribution >= 4 is 34.1 Å². The Labute approximate surface area is 152 Å². The van der Waals surface area contributed by atoms with E-state index in [1.54, 1.807) is 12.1 Å². The first-order valence-corrected chi connectivity index (χ1v) is 8.85. The predicted molar refractivity (Wildman–Crippen MR) is 103 cm³/mol. The molecule has 130 valence electrons. The number of amides is 1. The molecule has 1 aromatic carbocycles. The number of rotatable bonds is 5. The first kappa shape index (κ1) is 17.5. The molecule has 0 saturated carbocycles. The van der Waals surface area contributed by atoms with Crippen molar-refractivity contribution in [1.29, 1.82) is 0 Å². The van der Waals surface area contributed by atoms with Crippen molar-refractivity contribution in [1.82, 2.24) is 9.97 Å². The minimum Gasteiger partial charge on any atom is -0.361 e. The fraction of sp³-hybridized carbons (Fsp3) is 0.300. The standard InChI is InChI=1S/C20H22ClN3O/c1-13(2)10-14(3)24(20(25)16-4-7-19(21)23-12-16)17-5-6-18-15(11-17)8-9-22-18/h4-9,11-14,22H,10H2,1-3H3. The zero-order chi connectivity index (χ0) is 18.0. The lowest BCUT2D eigenvalue weighted by Crippen LogP contribution is -2.39. The van der Waals surface area contributed by atoms with Gasteiger partial charge in [-0.05, 0) is 55.7 Å². The number of hydrogen-bond donors (Lipinski definition) is 1. The highest BCUT2D eigenvalue weighted by Crippen LogP contribution is 2.27. The quantitative estimate of drug-likeness (QED) is 0.631. The summed E-state index contributed by atoms with van der Waals surface area (Å²) in [7, 11) is 0. The molecule has 25 heavy (non-hydrogen) atoms. The molecule has 0 saturated heterocycles. The number of carbonyl (C=O) groups is 1. The molecule has 1 atom stereocenters. The van der Waals surface area contributed by atoms with E-state index in [-0.39, 0.29) is 11.9 Å². The summed E-state index contributed by atoms with van der Waals surface area (Å²) in [5.74, 6) is 0.428. The first-order valence-electron chi connectivity index (χ1n) is 8.48. The van der Waals surface area contributed by atoms with Crippen LogP contribution < -0.4 is 4.90 Å². The molecule has 2 heterocycles. The molecule has 0 aliphatic heterocycles. The van der Waals surface area contributed by atoms with Crippen molar-refractivity contribution in [3.05, 3.63) is 59.5 Å². The van der Waals surface area contributed by atoms with Gasteiger partial charge in [0.2, 0.25) is 0 Å². The van der Waals surface area contributed by atoms with Gasteiger partial charge in [0, 0.05) is 35.0 Å². The lowest BCUT2D eigenvalue weighted by Gasteiger charge is -2.30. The van der Waals surface area contributed by atoms with Gasteiger partial charge in [-0.25, -0.2) is 4.98 Å². The van der Waals surface area contributed by atoms with E-state index in [9.17, 15) is 4.79 Å². The predicted octanol–water partition coefficient (Wildman–Crippen LogP) is 5.30. The molecule has 3 aromatic rings. The Kier molecular flexibility index (Phi) is 5.09. The zero-order valence-electron chi connectivity index (χ0n) is 14.7. The first-order chi connectivity index (χ1) is 12.0. The summed E-state index contributed by atoms with van der Waals surface area (Å²) in [6, 6.07) is 11.5. The Balaban J connectivity index is 2.01. The Bertz CT molecular complexity index is 870. The second-order valence-corrected chi connectivity index (χ2v) is 7.16. The smallest absolute Gasteiger partial charge is 0.260 e. The van der Waals surface area contributed by atoms with E-state index in [1.807, 2.05) is 35.4 Å². The Morgan fingerprint density at radius 2 is 2.00 bits per heavy atom. The fourth-order valence-electron chi connectivity index (χ4n) is 3.19. The van der Waals surface area contributed by atoms with Gasteiger partial charge in [-0.3, -0.25) is 4.79 Å². The lowest BCUT2D eigenvalue weighted by atomic mass is 10.0. The third-order valence-electron chi connectivity index (χ3n) is 4.26. The molecule has 3 rings (SSSR count). The normalized spacial score (nSPS) is 12.5. The largest absolute Gasteiger partial charge is 0.361 e. The summed E-state index contributed by atoms with van der Waals surface area (Å²) < 4.78 is 0. The molecule has 0 aliphatic rings. The number of halogens is 1. The van der Waals surface area contributed by atoms with E-state index in [0.717, 1.165) is 23.0 Å². The molecule has 0 bridgehead atoms. The van der Waals surface area contributed by atoms with Gasteiger partial charge in [-0.1, -0.05) is 25.4 Å². The SMILES string of the molecule is CC(C)CC(C)N(C(=O)c1ccc(Cl)nc1)c1ccc2[nH]ccc2c1. The Hall–Kier alpha value is -2.33. The van der Waals surface area contributed by atoms with Crippen LogP contribution in [0.3, 0.4) is 0 Å². The molecule has 1 N–H and O–H groups in total. The van der Waals surface area contributed by atoms with Crippen molar-refractivity contribution in [2.45, 2.75) is 33.2 Å². The van der Waals surface area contributed by atoms with Gasteiger partial charge < -0.3 is 9.88 Å². The number of benzene rings is 1. The summed E-state index contributed by atoms with van der Waals surface area (Å²) in [4.78, 5) is 22.3. The van der Waals surface area contributed by atoms with E-state index in [0.29, 0.717) is 16.6 Å². The van der Waals surface area contributed by atoms with Crippen LogP contribution in [0.4, 0.5) is 5.69 Å². The molecular formula is C20H22ClN3O. The number of hydrogen-bond acceptors (Lipinski definition) is 2. The molecule has 1 amide bonds. The molecule has 0 fully saturated rings. The number of pyridine rings is 1. The number of H-pyrrole nitrogens is 1. The highest BCUT2D eigenvalue weighted by Gasteiger charge is 2.24. The van der Waals surface area contributed by atoms with Gasteiger partial charge in [0.05, 0.1) is 5.56 Å². The molecule has 4 nitrogen and oxygen atoms in total. The van der Waals surface area contributed by atoms with Crippen molar-refractivity contribution < 1.29 is 4.79 Å². The summed E-state index contributed by atoms with van der Waals surface area (Å²) in [6.45, 7) is 6.42. The van der Waals surface area contributed by atoms with Crippen molar-refractivity contribution in [3.63, 3.8) is 0 Å². The van der Waals surface area contributed by atoms with E-state index in [1.165, 1.54) is 6.20 Å². The third kappa shape index (κ3) is 3.85. The van der Waals surface area contributed by atoms with Gasteiger partial charge in [0.1, 0.15) is 5.15 Å². The highest BCUT2D eigenvalue weighted by atomic mass is 35.5. The maximum absolute atomic E-state index is 13.2. The minimum atomic E-state index is -0.0628.